The van der Waals surface area contributed by atoms with E-state index in [0.717, 1.165) is 51.4 Å². The van der Waals surface area contributed by atoms with Gasteiger partial charge in [-0.3, -0.25) is 9.35 Å². The Labute approximate surface area is 297 Å². The molecule has 3 N–H and O–H groups in total. The second kappa shape index (κ2) is 35.4. The summed E-state index contributed by atoms with van der Waals surface area (Å²) >= 11 is 0. The van der Waals surface area contributed by atoms with Crippen LogP contribution in [0.3, 0.4) is 0 Å². The van der Waals surface area contributed by atoms with E-state index in [4.69, 9.17) is 0 Å². The van der Waals surface area contributed by atoms with E-state index in [1.807, 2.05) is 6.08 Å². The zero-order chi connectivity index (χ0) is 35.4. The highest BCUT2D eigenvalue weighted by Gasteiger charge is 2.24. The normalized spacial score (nSPS) is 13.7. The quantitative estimate of drug-likeness (QED) is 0.0344. The molecule has 0 fully saturated rings. The van der Waals surface area contributed by atoms with Crippen LogP contribution >= 0.6 is 0 Å². The fourth-order valence-corrected chi connectivity index (χ4v) is 6.72. The van der Waals surface area contributed by atoms with Gasteiger partial charge in [-0.2, -0.15) is 8.42 Å². The third-order valence-electron chi connectivity index (χ3n) is 9.04. The summed E-state index contributed by atoms with van der Waals surface area (Å²) in [4.78, 5) is 12.4. The molecule has 0 aliphatic rings. The molecule has 0 aromatic rings. The molecule has 1 amide bonds. The Balaban J connectivity index is 3.95. The predicted molar refractivity (Wildman–Crippen MR) is 207 cm³/mol. The Hall–Kier alpha value is -1.44. The van der Waals surface area contributed by atoms with Crippen LogP contribution in [0, 0.1) is 0 Å². The lowest BCUT2D eigenvalue weighted by Crippen LogP contribution is -2.46. The van der Waals surface area contributed by atoms with Crippen LogP contribution in [-0.2, 0) is 14.9 Å². The van der Waals surface area contributed by atoms with Gasteiger partial charge >= 0.3 is 0 Å². The van der Waals surface area contributed by atoms with Gasteiger partial charge in [-0.25, -0.2) is 0 Å². The zero-order valence-corrected chi connectivity index (χ0v) is 32.2. The van der Waals surface area contributed by atoms with E-state index >= 15 is 0 Å². The molecular formula is C41H77NO5S. The maximum atomic E-state index is 12.4. The molecule has 6 nitrogen and oxygen atoms in total. The minimum Gasteiger partial charge on any atom is -0.387 e. The van der Waals surface area contributed by atoms with Gasteiger partial charge in [-0.1, -0.05) is 172 Å². The molecule has 0 aliphatic carbocycles. The summed E-state index contributed by atoms with van der Waals surface area (Å²) in [5.74, 6) is -1.01. The Morgan fingerprint density at radius 2 is 0.896 bits per heavy atom. The third-order valence-corrected chi connectivity index (χ3v) is 9.82. The number of allylic oxidation sites excluding steroid dienone is 5. The van der Waals surface area contributed by atoms with Crippen molar-refractivity contribution in [2.75, 3.05) is 5.75 Å². The van der Waals surface area contributed by atoms with Crippen molar-refractivity contribution in [1.82, 2.24) is 5.32 Å². The summed E-state index contributed by atoms with van der Waals surface area (Å²) in [6, 6.07) is -1.08. The van der Waals surface area contributed by atoms with Crippen molar-refractivity contribution in [3.8, 4) is 0 Å². The standard InChI is InChI=1S/C41H77NO5S/c1-3-5-7-9-11-13-15-17-18-19-20-21-22-23-24-25-26-28-30-32-34-36-40(43)39(38-48(45,46)47)42-41(44)37-35-33-31-29-27-16-14-12-10-8-6-4-2/h12,14,26,28,34,36,39-40,43H,3-11,13,15-25,27,29-33,35,37-38H2,1-2H3,(H,42,44)(H,45,46,47)/b14-12-,28-26+,36-34+. The number of aliphatic hydroxyl groups excluding tert-OH is 1. The first kappa shape index (κ1) is 46.6. The average molecular weight is 696 g/mol. The van der Waals surface area contributed by atoms with Crippen molar-refractivity contribution in [3.63, 3.8) is 0 Å². The molecule has 0 bridgehead atoms. The lowest BCUT2D eigenvalue weighted by molar-refractivity contribution is -0.122. The van der Waals surface area contributed by atoms with E-state index in [2.05, 4.69) is 43.5 Å². The fraction of sp³-hybridized carbons (Fsp3) is 0.829. The molecule has 2 unspecified atom stereocenters. The number of carbonyl (C=O) groups is 1. The third kappa shape index (κ3) is 35.9. The van der Waals surface area contributed by atoms with Gasteiger partial charge in [0.2, 0.25) is 5.91 Å². The summed E-state index contributed by atoms with van der Waals surface area (Å²) in [7, 11) is -4.35. The summed E-state index contributed by atoms with van der Waals surface area (Å²) in [5, 5.41) is 13.2. The van der Waals surface area contributed by atoms with Crippen LogP contribution in [0.15, 0.2) is 36.5 Å². The zero-order valence-electron chi connectivity index (χ0n) is 31.4. The van der Waals surface area contributed by atoms with Crippen LogP contribution in [0.4, 0.5) is 0 Å². The van der Waals surface area contributed by atoms with Gasteiger partial charge in [0.1, 0.15) is 0 Å². The lowest BCUT2D eigenvalue weighted by Gasteiger charge is -2.21. The molecule has 0 saturated carbocycles. The van der Waals surface area contributed by atoms with Crippen LogP contribution in [0.5, 0.6) is 0 Å². The first-order valence-electron chi connectivity index (χ1n) is 20.2. The van der Waals surface area contributed by atoms with E-state index in [-0.39, 0.29) is 12.3 Å². The number of nitrogens with one attached hydrogen (secondary N) is 1. The lowest BCUT2D eigenvalue weighted by atomic mass is 10.0. The number of amides is 1. The maximum Gasteiger partial charge on any atom is 0.267 e. The number of rotatable bonds is 36. The molecule has 0 heterocycles. The van der Waals surface area contributed by atoms with Crippen LogP contribution in [0.2, 0.25) is 0 Å². The smallest absolute Gasteiger partial charge is 0.267 e. The van der Waals surface area contributed by atoms with Crippen molar-refractivity contribution in [3.05, 3.63) is 36.5 Å². The van der Waals surface area contributed by atoms with Crippen molar-refractivity contribution in [1.29, 1.82) is 0 Å². The molecule has 0 aromatic carbocycles. The molecule has 0 rings (SSSR count). The Bertz CT molecular complexity index is 899. The average Bonchev–Trinajstić information content (AvgIpc) is 3.05. The molecule has 0 spiro atoms. The largest absolute Gasteiger partial charge is 0.387 e. The first-order valence-corrected chi connectivity index (χ1v) is 21.8. The minimum atomic E-state index is -4.35. The van der Waals surface area contributed by atoms with E-state index in [0.29, 0.717) is 6.42 Å². The van der Waals surface area contributed by atoms with E-state index in [1.165, 1.54) is 128 Å². The highest BCUT2D eigenvalue weighted by molar-refractivity contribution is 7.85. The van der Waals surface area contributed by atoms with Gasteiger partial charge in [0.15, 0.2) is 0 Å². The van der Waals surface area contributed by atoms with Crippen LogP contribution < -0.4 is 5.32 Å². The van der Waals surface area contributed by atoms with E-state index in [1.54, 1.807) is 0 Å². The van der Waals surface area contributed by atoms with Gasteiger partial charge in [0, 0.05) is 6.42 Å². The van der Waals surface area contributed by atoms with Crippen molar-refractivity contribution < 1.29 is 22.9 Å². The summed E-state index contributed by atoms with van der Waals surface area (Å²) in [6.07, 6.45) is 45.7. The summed E-state index contributed by atoms with van der Waals surface area (Å²) < 4.78 is 32.4. The number of hydrogen-bond donors (Lipinski definition) is 3. The van der Waals surface area contributed by atoms with Crippen molar-refractivity contribution >= 4 is 16.0 Å². The van der Waals surface area contributed by atoms with Crippen LogP contribution in [0.25, 0.3) is 0 Å². The second-order valence-corrected chi connectivity index (χ2v) is 15.4. The maximum absolute atomic E-state index is 12.4. The Morgan fingerprint density at radius 1 is 0.542 bits per heavy atom. The molecular weight excluding hydrogens is 619 g/mol. The molecule has 0 saturated heterocycles. The van der Waals surface area contributed by atoms with Crippen molar-refractivity contribution in [2.45, 2.75) is 212 Å². The van der Waals surface area contributed by atoms with Crippen LogP contribution in [0.1, 0.15) is 200 Å². The monoisotopic (exact) mass is 696 g/mol. The van der Waals surface area contributed by atoms with Gasteiger partial charge in [0.25, 0.3) is 10.1 Å². The van der Waals surface area contributed by atoms with Gasteiger partial charge in [0.05, 0.1) is 17.9 Å². The summed E-state index contributed by atoms with van der Waals surface area (Å²) in [6.45, 7) is 4.49. The summed E-state index contributed by atoms with van der Waals surface area (Å²) in [5.41, 5.74) is 0. The van der Waals surface area contributed by atoms with Gasteiger partial charge < -0.3 is 10.4 Å². The SMILES string of the molecule is CCCCC/C=C\CCCCCCCC(=O)NC(CS(=O)(=O)O)C(O)/C=C/CC/C=C/CCCCCCCCCCCCCCCCC. The van der Waals surface area contributed by atoms with E-state index in [9.17, 15) is 22.9 Å². The number of hydrogen-bond acceptors (Lipinski definition) is 4. The number of aliphatic hydroxyl groups is 1. The molecule has 282 valence electrons. The highest BCUT2D eigenvalue weighted by Crippen LogP contribution is 2.14. The molecule has 2 atom stereocenters. The minimum absolute atomic E-state index is 0.278. The molecule has 0 aliphatic heterocycles. The van der Waals surface area contributed by atoms with E-state index < -0.39 is 28.0 Å². The molecule has 0 radical (unpaired) electrons. The van der Waals surface area contributed by atoms with Gasteiger partial charge in [-0.15, -0.1) is 0 Å². The second-order valence-electron chi connectivity index (χ2n) is 13.9. The van der Waals surface area contributed by atoms with Gasteiger partial charge in [-0.05, 0) is 57.8 Å². The fourth-order valence-electron chi connectivity index (χ4n) is 5.99. The Kier molecular flexibility index (Phi) is 34.3. The topological polar surface area (TPSA) is 104 Å². The van der Waals surface area contributed by atoms with Crippen LogP contribution in [-0.4, -0.2) is 41.9 Å². The molecule has 7 heteroatoms. The first-order chi connectivity index (χ1) is 23.3. The highest BCUT2D eigenvalue weighted by atomic mass is 32.2. The predicted octanol–water partition coefficient (Wildman–Crippen LogP) is 11.7. The number of carbonyl (C=O) groups excluding carboxylic acids is 1. The molecule has 48 heavy (non-hydrogen) atoms. The van der Waals surface area contributed by atoms with Crippen molar-refractivity contribution in [2.24, 2.45) is 0 Å². The Morgan fingerprint density at radius 3 is 1.35 bits per heavy atom. The molecule has 0 aromatic heterocycles. The number of unbranched alkanes of at least 4 members (excludes halogenated alkanes) is 24.